The number of halogens is 1. The van der Waals surface area contributed by atoms with E-state index in [2.05, 4.69) is 4.74 Å². The summed E-state index contributed by atoms with van der Waals surface area (Å²) in [5.74, 6) is -0.920. The summed E-state index contributed by atoms with van der Waals surface area (Å²) in [4.78, 5) is 10.7. The van der Waals surface area contributed by atoms with Gasteiger partial charge in [-0.3, -0.25) is 0 Å². The van der Waals surface area contributed by atoms with Crippen LogP contribution in [0.25, 0.3) is 0 Å². The van der Waals surface area contributed by atoms with Crippen LogP contribution >= 0.6 is 11.6 Å². The van der Waals surface area contributed by atoms with Crippen LogP contribution < -0.4 is 0 Å². The Bertz CT molecular complexity index is 233. The second-order valence-corrected chi connectivity index (χ2v) is 4.72. The van der Waals surface area contributed by atoms with E-state index in [1.165, 1.54) is 0 Å². The minimum atomic E-state index is -3.53. The fourth-order valence-corrected chi connectivity index (χ4v) is 0.863. The highest BCUT2D eigenvalue weighted by Gasteiger charge is 2.27. The van der Waals surface area contributed by atoms with E-state index in [9.17, 15) is 13.2 Å². The number of carbonyl (C=O) groups excluding carboxylic acids is 1. The van der Waals surface area contributed by atoms with Crippen LogP contribution in [0.2, 0.25) is 0 Å². The second kappa shape index (κ2) is 3.92. The number of esters is 1. The standard InChI is InChI=1S/C5H9ClO4S/c1-3-10-5(7)4(6)11(2,8)9/h4H,3H2,1-2H3. The summed E-state index contributed by atoms with van der Waals surface area (Å²) in [5.41, 5.74) is 0. The lowest BCUT2D eigenvalue weighted by atomic mass is 10.7. The molecule has 0 heterocycles. The molecule has 0 N–H and O–H groups in total. The Hall–Kier alpha value is -0.290. The Morgan fingerprint density at radius 1 is 1.64 bits per heavy atom. The first-order valence-corrected chi connectivity index (χ1v) is 5.28. The van der Waals surface area contributed by atoms with Crippen LogP contribution in [0, 0.1) is 0 Å². The van der Waals surface area contributed by atoms with Gasteiger partial charge in [-0.05, 0) is 6.92 Å². The molecule has 6 heteroatoms. The molecule has 0 aliphatic heterocycles. The number of hydrogen-bond donors (Lipinski definition) is 0. The monoisotopic (exact) mass is 200 g/mol. The van der Waals surface area contributed by atoms with Crippen LogP contribution in [0.15, 0.2) is 0 Å². The maximum absolute atomic E-state index is 10.7. The Balaban J connectivity index is 4.27. The normalized spacial score (nSPS) is 14.1. The fraction of sp³-hybridized carbons (Fsp3) is 0.800. The van der Waals surface area contributed by atoms with Gasteiger partial charge < -0.3 is 4.74 Å². The summed E-state index contributed by atoms with van der Waals surface area (Å²) in [6, 6.07) is 0. The van der Waals surface area contributed by atoms with Crippen LogP contribution in [0.4, 0.5) is 0 Å². The first-order chi connectivity index (χ1) is 4.89. The minimum absolute atomic E-state index is 0.123. The summed E-state index contributed by atoms with van der Waals surface area (Å²) in [5, 5.41) is 0. The smallest absolute Gasteiger partial charge is 0.339 e. The van der Waals surface area contributed by atoms with E-state index in [-0.39, 0.29) is 6.61 Å². The molecule has 1 atom stereocenters. The lowest BCUT2D eigenvalue weighted by Crippen LogP contribution is -2.25. The van der Waals surface area contributed by atoms with Crippen LogP contribution in [0.3, 0.4) is 0 Å². The molecule has 11 heavy (non-hydrogen) atoms. The van der Waals surface area contributed by atoms with Crippen LogP contribution in [0.5, 0.6) is 0 Å². The van der Waals surface area contributed by atoms with Gasteiger partial charge >= 0.3 is 5.97 Å². The van der Waals surface area contributed by atoms with Crippen LogP contribution in [-0.2, 0) is 19.4 Å². The predicted octanol–water partition coefficient (Wildman–Crippen LogP) is 0.159. The molecule has 0 radical (unpaired) electrons. The molecule has 0 spiro atoms. The molecule has 0 aromatic heterocycles. The Morgan fingerprint density at radius 3 is 2.36 bits per heavy atom. The quantitative estimate of drug-likeness (QED) is 0.481. The van der Waals surface area contributed by atoms with Crippen molar-refractivity contribution in [1.82, 2.24) is 0 Å². The van der Waals surface area contributed by atoms with Crippen molar-refractivity contribution in [2.45, 2.75) is 11.6 Å². The van der Waals surface area contributed by atoms with Crippen LogP contribution in [0.1, 0.15) is 6.92 Å². The van der Waals surface area contributed by atoms with Gasteiger partial charge in [-0.1, -0.05) is 11.6 Å². The molecule has 66 valence electrons. The molecule has 1 unspecified atom stereocenters. The molecule has 0 aromatic rings. The molecular weight excluding hydrogens is 192 g/mol. The molecular formula is C5H9ClO4S. The van der Waals surface area contributed by atoms with E-state index in [0.29, 0.717) is 0 Å². The zero-order chi connectivity index (χ0) is 9.07. The summed E-state index contributed by atoms with van der Waals surface area (Å²) < 4.78 is 24.0. The molecule has 0 amide bonds. The summed E-state index contributed by atoms with van der Waals surface area (Å²) in [6.07, 6.45) is 0.877. The minimum Gasteiger partial charge on any atom is -0.464 e. The van der Waals surface area contributed by atoms with Crippen LogP contribution in [-0.4, -0.2) is 32.0 Å². The average molecular weight is 201 g/mol. The first kappa shape index (κ1) is 10.7. The highest BCUT2D eigenvalue weighted by molar-refractivity contribution is 7.93. The van der Waals surface area contributed by atoms with Crippen molar-refractivity contribution >= 4 is 27.4 Å². The van der Waals surface area contributed by atoms with E-state index in [4.69, 9.17) is 11.6 Å². The summed E-state index contributed by atoms with van der Waals surface area (Å²) in [6.45, 7) is 1.70. The lowest BCUT2D eigenvalue weighted by Gasteiger charge is -2.05. The van der Waals surface area contributed by atoms with E-state index >= 15 is 0 Å². The third-order valence-electron chi connectivity index (χ3n) is 0.848. The van der Waals surface area contributed by atoms with Gasteiger partial charge in [-0.15, -0.1) is 0 Å². The van der Waals surface area contributed by atoms with Gasteiger partial charge in [0.05, 0.1) is 6.61 Å². The molecule has 0 bridgehead atoms. The van der Waals surface area contributed by atoms with Crippen molar-refractivity contribution in [3.05, 3.63) is 0 Å². The second-order valence-electron chi connectivity index (χ2n) is 1.90. The van der Waals surface area contributed by atoms with Crippen molar-refractivity contribution in [1.29, 1.82) is 0 Å². The molecule has 0 saturated carbocycles. The lowest BCUT2D eigenvalue weighted by molar-refractivity contribution is -0.140. The van der Waals surface area contributed by atoms with Crippen molar-refractivity contribution in [3.63, 3.8) is 0 Å². The molecule has 0 aliphatic rings. The average Bonchev–Trinajstić information content (AvgIpc) is 1.85. The van der Waals surface area contributed by atoms with Crippen molar-refractivity contribution in [2.24, 2.45) is 0 Å². The Labute approximate surface area is 70.4 Å². The molecule has 0 aromatic carbocycles. The third-order valence-corrected chi connectivity index (χ3v) is 2.94. The topological polar surface area (TPSA) is 60.4 Å². The van der Waals surface area contributed by atoms with E-state index in [1.807, 2.05) is 0 Å². The van der Waals surface area contributed by atoms with Gasteiger partial charge in [0.15, 0.2) is 9.84 Å². The zero-order valence-electron chi connectivity index (χ0n) is 6.20. The van der Waals surface area contributed by atoms with Crippen molar-refractivity contribution in [2.75, 3.05) is 12.9 Å². The maximum atomic E-state index is 10.7. The van der Waals surface area contributed by atoms with Gasteiger partial charge in [-0.2, -0.15) is 0 Å². The number of hydrogen-bond acceptors (Lipinski definition) is 4. The van der Waals surface area contributed by atoms with E-state index in [0.717, 1.165) is 6.26 Å². The summed E-state index contributed by atoms with van der Waals surface area (Å²) in [7, 11) is -3.53. The number of alkyl halides is 1. The molecule has 4 nitrogen and oxygen atoms in total. The van der Waals surface area contributed by atoms with Gasteiger partial charge in [0.2, 0.25) is 4.71 Å². The fourth-order valence-electron chi connectivity index (χ4n) is 0.383. The summed E-state index contributed by atoms with van der Waals surface area (Å²) >= 11 is 5.22. The Kier molecular flexibility index (Phi) is 3.82. The number of sulfone groups is 1. The number of rotatable bonds is 3. The van der Waals surface area contributed by atoms with Gasteiger partial charge in [0.1, 0.15) is 0 Å². The van der Waals surface area contributed by atoms with Crippen molar-refractivity contribution < 1.29 is 17.9 Å². The maximum Gasteiger partial charge on any atom is 0.339 e. The van der Waals surface area contributed by atoms with Gasteiger partial charge in [0, 0.05) is 6.26 Å². The number of ether oxygens (including phenoxy) is 1. The Morgan fingerprint density at radius 2 is 2.09 bits per heavy atom. The predicted molar refractivity (Wildman–Crippen MR) is 41.1 cm³/mol. The molecule has 0 saturated heterocycles. The zero-order valence-corrected chi connectivity index (χ0v) is 7.78. The third kappa shape index (κ3) is 3.57. The highest BCUT2D eigenvalue weighted by atomic mass is 35.5. The highest BCUT2D eigenvalue weighted by Crippen LogP contribution is 2.06. The number of carbonyl (C=O) groups is 1. The van der Waals surface area contributed by atoms with E-state index < -0.39 is 20.5 Å². The van der Waals surface area contributed by atoms with E-state index in [1.54, 1.807) is 6.92 Å². The molecule has 0 rings (SSSR count). The molecule has 0 fully saturated rings. The van der Waals surface area contributed by atoms with Gasteiger partial charge in [-0.25, -0.2) is 13.2 Å². The largest absolute Gasteiger partial charge is 0.464 e. The SMILES string of the molecule is CCOC(=O)C(Cl)S(C)(=O)=O. The van der Waals surface area contributed by atoms with Gasteiger partial charge in [0.25, 0.3) is 0 Å². The van der Waals surface area contributed by atoms with Crippen molar-refractivity contribution in [3.8, 4) is 0 Å². The molecule has 0 aliphatic carbocycles. The first-order valence-electron chi connectivity index (χ1n) is 2.89.